The first-order valence-electron chi connectivity index (χ1n) is 7.14. The van der Waals surface area contributed by atoms with Gasteiger partial charge in [-0.15, -0.1) is 0 Å². The predicted octanol–water partition coefficient (Wildman–Crippen LogP) is 1.94. The van der Waals surface area contributed by atoms with E-state index in [1.165, 1.54) is 4.90 Å². The van der Waals surface area contributed by atoms with Crippen molar-refractivity contribution in [3.8, 4) is 5.75 Å². The van der Waals surface area contributed by atoms with E-state index in [0.717, 1.165) is 19.4 Å². The third-order valence-electron chi connectivity index (χ3n) is 4.08. The fraction of sp³-hybridized carbons (Fsp3) is 0.467. The Balaban J connectivity index is 1.92. The maximum Gasteiger partial charge on any atom is 0.346 e. The van der Waals surface area contributed by atoms with Crippen LogP contribution in [-0.4, -0.2) is 47.2 Å². The van der Waals surface area contributed by atoms with Gasteiger partial charge in [0.1, 0.15) is 5.75 Å². The Labute approximate surface area is 122 Å². The van der Waals surface area contributed by atoms with E-state index in [0.29, 0.717) is 11.4 Å². The van der Waals surface area contributed by atoms with Crippen molar-refractivity contribution in [2.75, 3.05) is 18.0 Å². The summed E-state index contributed by atoms with van der Waals surface area (Å²) < 4.78 is 5.45. The van der Waals surface area contributed by atoms with Gasteiger partial charge in [-0.2, -0.15) is 0 Å². The topological polar surface area (TPSA) is 70.1 Å². The maximum atomic E-state index is 12.7. The quantitative estimate of drug-likeness (QED) is 0.858. The van der Waals surface area contributed by atoms with E-state index in [9.17, 15) is 14.7 Å². The van der Waals surface area contributed by atoms with Crippen molar-refractivity contribution < 1.29 is 19.4 Å². The second kappa shape index (κ2) is 5.27. The lowest BCUT2D eigenvalue weighted by Gasteiger charge is -2.36. The summed E-state index contributed by atoms with van der Waals surface area (Å²) in [4.78, 5) is 27.3. The molecular weight excluding hydrogens is 272 g/mol. The number of carboxylic acid groups (broad SMARTS) is 1. The van der Waals surface area contributed by atoms with Crippen molar-refractivity contribution >= 4 is 17.7 Å². The summed E-state index contributed by atoms with van der Waals surface area (Å²) in [6.45, 7) is 2.78. The molecule has 0 radical (unpaired) electrons. The molecule has 6 nitrogen and oxygen atoms in total. The highest BCUT2D eigenvalue weighted by Crippen LogP contribution is 2.34. The third kappa shape index (κ3) is 2.41. The van der Waals surface area contributed by atoms with E-state index >= 15 is 0 Å². The van der Waals surface area contributed by atoms with Crippen LogP contribution in [0.1, 0.15) is 19.8 Å². The Morgan fingerprint density at radius 1 is 1.33 bits per heavy atom. The number of carbonyl (C=O) groups is 2. The minimum atomic E-state index is -1.06. The molecule has 6 heteroatoms. The Morgan fingerprint density at radius 3 is 2.76 bits per heavy atom. The molecule has 2 heterocycles. The number of aliphatic carboxylic acids is 1. The van der Waals surface area contributed by atoms with Gasteiger partial charge in [0.25, 0.3) is 0 Å². The van der Waals surface area contributed by atoms with Crippen molar-refractivity contribution in [3.05, 3.63) is 24.3 Å². The van der Waals surface area contributed by atoms with E-state index in [2.05, 4.69) is 0 Å². The molecule has 112 valence electrons. The van der Waals surface area contributed by atoms with Gasteiger partial charge in [0.15, 0.2) is 0 Å². The number of nitrogens with zero attached hydrogens (tertiary/aromatic N) is 2. The van der Waals surface area contributed by atoms with E-state index in [4.69, 9.17) is 4.74 Å². The predicted molar refractivity (Wildman–Crippen MR) is 76.6 cm³/mol. The molecule has 1 fully saturated rings. The van der Waals surface area contributed by atoms with Gasteiger partial charge in [0.2, 0.25) is 6.10 Å². The fourth-order valence-corrected chi connectivity index (χ4v) is 2.92. The normalized spacial score (nSPS) is 24.4. The monoisotopic (exact) mass is 290 g/mol. The van der Waals surface area contributed by atoms with Crippen molar-refractivity contribution in [1.29, 1.82) is 0 Å². The van der Waals surface area contributed by atoms with Crippen LogP contribution in [-0.2, 0) is 4.79 Å². The number of rotatable bonds is 1. The zero-order chi connectivity index (χ0) is 15.0. The Hall–Kier alpha value is -2.24. The molecule has 3 rings (SSSR count). The van der Waals surface area contributed by atoms with Crippen LogP contribution in [0.3, 0.4) is 0 Å². The second-order valence-corrected chi connectivity index (χ2v) is 5.49. The van der Waals surface area contributed by atoms with Crippen LogP contribution in [0, 0.1) is 0 Å². The molecule has 0 bridgehead atoms. The molecular formula is C15H18N2O4. The van der Waals surface area contributed by atoms with E-state index in [1.54, 1.807) is 23.1 Å². The minimum absolute atomic E-state index is 0.0361. The molecule has 2 unspecified atom stereocenters. The van der Waals surface area contributed by atoms with Crippen LogP contribution in [0.5, 0.6) is 5.75 Å². The molecule has 21 heavy (non-hydrogen) atoms. The number of fused-ring (bicyclic) bond motifs is 1. The number of hydrogen-bond donors (Lipinski definition) is 1. The number of ether oxygens (including phenoxy) is 1. The van der Waals surface area contributed by atoms with Crippen LogP contribution in [0.2, 0.25) is 0 Å². The number of anilines is 1. The number of para-hydroxylation sites is 2. The molecule has 2 aliphatic rings. The Morgan fingerprint density at radius 2 is 2.10 bits per heavy atom. The van der Waals surface area contributed by atoms with Crippen LogP contribution in [0.25, 0.3) is 0 Å². The summed E-state index contributed by atoms with van der Waals surface area (Å²) in [7, 11) is 0. The van der Waals surface area contributed by atoms with Crippen LogP contribution in [0.4, 0.5) is 10.5 Å². The largest absolute Gasteiger partial charge is 0.478 e. The van der Waals surface area contributed by atoms with Gasteiger partial charge in [-0.3, -0.25) is 4.90 Å². The molecule has 0 saturated carbocycles. The second-order valence-electron chi connectivity index (χ2n) is 5.49. The third-order valence-corrected chi connectivity index (χ3v) is 4.08. The van der Waals surface area contributed by atoms with Gasteiger partial charge >= 0.3 is 12.0 Å². The lowest BCUT2D eigenvalue weighted by molar-refractivity contribution is -0.144. The molecule has 0 aromatic heterocycles. The molecule has 2 aliphatic heterocycles. The average molecular weight is 290 g/mol. The zero-order valence-electron chi connectivity index (χ0n) is 11.9. The molecule has 1 aromatic rings. The smallest absolute Gasteiger partial charge is 0.346 e. The number of carboxylic acids is 1. The van der Waals surface area contributed by atoms with E-state index in [1.807, 2.05) is 13.0 Å². The minimum Gasteiger partial charge on any atom is -0.478 e. The fourth-order valence-electron chi connectivity index (χ4n) is 2.92. The summed E-state index contributed by atoms with van der Waals surface area (Å²) in [6, 6.07) is 7.11. The first kappa shape index (κ1) is 13.7. The molecule has 2 amide bonds. The average Bonchev–Trinajstić information content (AvgIpc) is 2.91. The van der Waals surface area contributed by atoms with Crippen molar-refractivity contribution in [2.24, 2.45) is 0 Å². The van der Waals surface area contributed by atoms with Crippen LogP contribution >= 0.6 is 0 Å². The van der Waals surface area contributed by atoms with Gasteiger partial charge < -0.3 is 14.7 Å². The highest BCUT2D eigenvalue weighted by atomic mass is 16.5. The number of hydrogen-bond acceptors (Lipinski definition) is 3. The van der Waals surface area contributed by atoms with Gasteiger partial charge in [0.05, 0.1) is 12.2 Å². The van der Waals surface area contributed by atoms with E-state index in [-0.39, 0.29) is 18.6 Å². The van der Waals surface area contributed by atoms with Crippen molar-refractivity contribution in [1.82, 2.24) is 4.90 Å². The lowest BCUT2D eigenvalue weighted by Crippen LogP contribution is -2.52. The van der Waals surface area contributed by atoms with Gasteiger partial charge in [0, 0.05) is 12.6 Å². The first-order chi connectivity index (χ1) is 10.1. The summed E-state index contributed by atoms with van der Waals surface area (Å²) >= 11 is 0. The molecule has 1 saturated heterocycles. The van der Waals surface area contributed by atoms with Gasteiger partial charge in [-0.1, -0.05) is 12.1 Å². The number of carbonyl (C=O) groups excluding carboxylic acids is 1. The van der Waals surface area contributed by atoms with Gasteiger partial charge in [-0.25, -0.2) is 9.59 Å². The standard InChI is InChI=1S/C15H18N2O4/c1-10-5-4-8-16(10)15(20)17-9-13(14(18)19)21-12-7-3-2-6-11(12)17/h2-3,6-7,10,13H,4-5,8-9H2,1H3,(H,18,19). The SMILES string of the molecule is CC1CCCN1C(=O)N1CC(C(=O)O)Oc2ccccc21. The first-order valence-corrected chi connectivity index (χ1v) is 7.14. The molecule has 2 atom stereocenters. The highest BCUT2D eigenvalue weighted by molar-refractivity contribution is 5.95. The lowest BCUT2D eigenvalue weighted by atomic mass is 10.2. The van der Waals surface area contributed by atoms with Crippen molar-refractivity contribution in [3.63, 3.8) is 0 Å². The molecule has 0 aliphatic carbocycles. The summed E-state index contributed by atoms with van der Waals surface area (Å²) in [5, 5.41) is 9.20. The molecule has 0 spiro atoms. The molecule has 1 aromatic carbocycles. The highest BCUT2D eigenvalue weighted by Gasteiger charge is 2.37. The Bertz CT molecular complexity index is 575. The van der Waals surface area contributed by atoms with E-state index < -0.39 is 12.1 Å². The van der Waals surface area contributed by atoms with Crippen molar-refractivity contribution in [2.45, 2.75) is 31.9 Å². The number of likely N-dealkylation sites (tertiary alicyclic amines) is 1. The maximum absolute atomic E-state index is 12.7. The zero-order valence-corrected chi connectivity index (χ0v) is 11.9. The summed E-state index contributed by atoms with van der Waals surface area (Å²) in [5.41, 5.74) is 0.638. The van der Waals surface area contributed by atoms with Gasteiger partial charge in [-0.05, 0) is 31.9 Å². The number of benzene rings is 1. The summed E-state index contributed by atoms with van der Waals surface area (Å²) in [6.07, 6.45) is 0.947. The Kier molecular flexibility index (Phi) is 3.45. The molecule has 1 N–H and O–H groups in total. The summed E-state index contributed by atoms with van der Waals surface area (Å²) in [5.74, 6) is -0.617. The van der Waals surface area contributed by atoms with Crippen LogP contribution in [0.15, 0.2) is 24.3 Å². The van der Waals surface area contributed by atoms with Crippen LogP contribution < -0.4 is 9.64 Å². The number of urea groups is 1. The number of amides is 2.